The number of ether oxygens (including phenoxy) is 2. The number of esters is 1. The van der Waals surface area contributed by atoms with Crippen LogP contribution in [0.4, 0.5) is 0 Å². The van der Waals surface area contributed by atoms with E-state index in [9.17, 15) is 9.59 Å². The molecule has 6 nitrogen and oxygen atoms in total. The Balaban J connectivity index is 0.00000648. The minimum atomic E-state index is -0.845. The van der Waals surface area contributed by atoms with Crippen LogP contribution in [-0.2, 0) is 27.2 Å². The number of hydrogen-bond donors (Lipinski definition) is 2. The number of halogens is 3. The smallest absolute Gasteiger partial charge is 0.328 e. The molecule has 36 heavy (non-hydrogen) atoms. The van der Waals surface area contributed by atoms with Crippen LogP contribution in [-0.4, -0.2) is 60.9 Å². The number of hydrogen-bond acceptors (Lipinski definition) is 7. The van der Waals surface area contributed by atoms with Crippen molar-refractivity contribution in [2.45, 2.75) is 41.6 Å². The van der Waals surface area contributed by atoms with Crippen LogP contribution >= 0.6 is 59.1 Å². The van der Waals surface area contributed by atoms with Crippen molar-refractivity contribution in [3.8, 4) is 5.75 Å². The van der Waals surface area contributed by atoms with Gasteiger partial charge in [-0.2, -0.15) is 0 Å². The van der Waals surface area contributed by atoms with Gasteiger partial charge < -0.3 is 20.5 Å². The number of benzene rings is 2. The number of amides is 1. The van der Waals surface area contributed by atoms with Gasteiger partial charge in [-0.25, -0.2) is 4.79 Å². The zero-order valence-electron chi connectivity index (χ0n) is 20.3. The molecule has 0 saturated heterocycles. The molecule has 0 aliphatic heterocycles. The summed E-state index contributed by atoms with van der Waals surface area (Å²) >= 11 is 15.0. The molecule has 0 saturated carbocycles. The molecule has 0 bridgehead atoms. The lowest BCUT2D eigenvalue weighted by atomic mass is 10.0. The number of methoxy groups -OCH3 is 1. The Morgan fingerprint density at radius 1 is 0.972 bits per heavy atom. The summed E-state index contributed by atoms with van der Waals surface area (Å²) in [6.45, 7) is 1.94. The van der Waals surface area contributed by atoms with E-state index in [1.165, 1.54) is 0 Å². The van der Waals surface area contributed by atoms with Crippen molar-refractivity contribution in [2.24, 2.45) is 5.73 Å². The Hall–Kier alpha value is -1.29. The van der Waals surface area contributed by atoms with Crippen molar-refractivity contribution in [3.05, 3.63) is 53.6 Å². The minimum Gasteiger partial charge on any atom is -0.497 e. The third-order valence-corrected chi connectivity index (χ3v) is 7.69. The SMILES string of the molecule is CCOC(=O)[C@H](Cc1ccc(OC)cc1)NC(=O)[C@@H](N)Cc1cc(SCCCl)cc(SCCCl)c1.Cl. The average molecular weight is 596 g/mol. The molecular formula is C25H33Cl3N2O4S2. The molecule has 11 heteroatoms. The Labute approximate surface area is 238 Å². The number of nitrogens with one attached hydrogen (secondary N) is 1. The molecule has 200 valence electrons. The van der Waals surface area contributed by atoms with E-state index < -0.39 is 24.0 Å². The number of thioether (sulfide) groups is 2. The normalized spacial score (nSPS) is 12.2. The van der Waals surface area contributed by atoms with E-state index in [-0.39, 0.29) is 25.4 Å². The fourth-order valence-corrected chi connectivity index (χ4v) is 5.34. The fourth-order valence-electron chi connectivity index (χ4n) is 3.29. The number of alkyl halides is 2. The summed E-state index contributed by atoms with van der Waals surface area (Å²) in [7, 11) is 1.59. The van der Waals surface area contributed by atoms with Crippen molar-refractivity contribution >= 4 is 71.0 Å². The molecule has 0 radical (unpaired) electrons. The molecule has 0 heterocycles. The third kappa shape index (κ3) is 11.4. The van der Waals surface area contributed by atoms with Crippen LogP contribution in [0.3, 0.4) is 0 Å². The van der Waals surface area contributed by atoms with E-state index >= 15 is 0 Å². The number of nitrogens with two attached hydrogens (primary N) is 1. The van der Waals surface area contributed by atoms with Crippen molar-refractivity contribution in [1.29, 1.82) is 0 Å². The first-order valence-corrected chi connectivity index (χ1v) is 14.3. The number of rotatable bonds is 15. The lowest BCUT2D eigenvalue weighted by molar-refractivity contribution is -0.147. The highest BCUT2D eigenvalue weighted by molar-refractivity contribution is 8.00. The quantitative estimate of drug-likeness (QED) is 0.171. The van der Waals surface area contributed by atoms with Gasteiger partial charge in [0.25, 0.3) is 0 Å². The summed E-state index contributed by atoms with van der Waals surface area (Å²) in [6.07, 6.45) is 0.610. The van der Waals surface area contributed by atoms with Crippen LogP contribution in [0.5, 0.6) is 5.75 Å². The van der Waals surface area contributed by atoms with Crippen molar-refractivity contribution in [2.75, 3.05) is 37.0 Å². The van der Waals surface area contributed by atoms with Crippen molar-refractivity contribution < 1.29 is 19.1 Å². The van der Waals surface area contributed by atoms with Gasteiger partial charge in [-0.3, -0.25) is 4.79 Å². The van der Waals surface area contributed by atoms with Crippen molar-refractivity contribution in [3.63, 3.8) is 0 Å². The summed E-state index contributed by atoms with van der Waals surface area (Å²) in [4.78, 5) is 27.6. The first kappa shape index (κ1) is 32.7. The predicted octanol–water partition coefficient (Wildman–Crippen LogP) is 4.94. The van der Waals surface area contributed by atoms with Crippen LogP contribution in [0.2, 0.25) is 0 Å². The Bertz CT molecular complexity index is 925. The second-order valence-corrected chi connectivity index (χ2v) is 10.7. The van der Waals surface area contributed by atoms with Gasteiger partial charge in [0.1, 0.15) is 11.8 Å². The molecule has 2 atom stereocenters. The van der Waals surface area contributed by atoms with Gasteiger partial charge in [-0.05, 0) is 54.8 Å². The zero-order chi connectivity index (χ0) is 25.6. The Kier molecular flexibility index (Phi) is 16.4. The van der Waals surface area contributed by atoms with Crippen LogP contribution in [0.25, 0.3) is 0 Å². The lowest BCUT2D eigenvalue weighted by Crippen LogP contribution is -2.50. The lowest BCUT2D eigenvalue weighted by Gasteiger charge is -2.20. The maximum absolute atomic E-state index is 13.0. The highest BCUT2D eigenvalue weighted by Crippen LogP contribution is 2.28. The molecule has 2 rings (SSSR count). The van der Waals surface area contributed by atoms with Gasteiger partial charge in [0.05, 0.1) is 19.8 Å². The van der Waals surface area contributed by atoms with Gasteiger partial charge in [-0.1, -0.05) is 12.1 Å². The summed E-state index contributed by atoms with van der Waals surface area (Å²) < 4.78 is 10.4. The van der Waals surface area contributed by atoms with Gasteiger partial charge in [-0.15, -0.1) is 59.1 Å². The summed E-state index contributed by atoms with van der Waals surface area (Å²) in [6, 6.07) is 11.8. The summed E-state index contributed by atoms with van der Waals surface area (Å²) in [5, 5.41) is 2.78. The van der Waals surface area contributed by atoms with Crippen molar-refractivity contribution in [1.82, 2.24) is 5.32 Å². The molecule has 0 aliphatic rings. The van der Waals surface area contributed by atoms with Crippen LogP contribution in [0, 0.1) is 0 Å². The highest BCUT2D eigenvalue weighted by atomic mass is 35.5. The standard InChI is InChI=1S/C25H32Cl2N2O4S2.ClH/c1-3-33-25(31)23(15-17-4-6-19(32-2)7-5-17)29-24(30)22(28)14-18-12-20(34-10-8-26)16-21(13-18)35-11-9-27;/h4-7,12-13,16,22-23H,3,8-11,14-15,28H2,1-2H3,(H,29,30);1H/t22-,23-;/m0./s1. The van der Waals surface area contributed by atoms with E-state index in [2.05, 4.69) is 11.4 Å². The summed E-state index contributed by atoms with van der Waals surface area (Å²) in [5.74, 6) is 2.46. The molecule has 0 fully saturated rings. The first-order valence-electron chi connectivity index (χ1n) is 11.3. The number of carbonyl (C=O) groups is 2. The van der Waals surface area contributed by atoms with E-state index in [4.69, 9.17) is 38.4 Å². The zero-order valence-corrected chi connectivity index (χ0v) is 24.3. The maximum Gasteiger partial charge on any atom is 0.328 e. The molecule has 0 aliphatic carbocycles. The molecule has 0 unspecified atom stereocenters. The molecule has 2 aromatic carbocycles. The third-order valence-electron chi connectivity index (χ3n) is 4.91. The van der Waals surface area contributed by atoms with E-state index in [1.54, 1.807) is 49.7 Å². The second-order valence-electron chi connectivity index (χ2n) is 7.56. The molecule has 0 spiro atoms. The molecule has 0 aromatic heterocycles. The topological polar surface area (TPSA) is 90.6 Å². The number of carbonyl (C=O) groups excluding carboxylic acids is 2. The van der Waals surface area contributed by atoms with Gasteiger partial charge in [0, 0.05) is 39.5 Å². The van der Waals surface area contributed by atoms with Crippen LogP contribution in [0.1, 0.15) is 18.1 Å². The van der Waals surface area contributed by atoms with E-state index in [0.717, 1.165) is 32.4 Å². The predicted molar refractivity (Wildman–Crippen MR) is 154 cm³/mol. The largest absolute Gasteiger partial charge is 0.497 e. The monoisotopic (exact) mass is 594 g/mol. The van der Waals surface area contributed by atoms with Gasteiger partial charge in [0.15, 0.2) is 0 Å². The molecular weight excluding hydrogens is 563 g/mol. The van der Waals surface area contributed by atoms with Crippen LogP contribution < -0.4 is 15.8 Å². The Morgan fingerprint density at radius 3 is 2.06 bits per heavy atom. The van der Waals surface area contributed by atoms with Crippen LogP contribution in [0.15, 0.2) is 52.3 Å². The highest BCUT2D eigenvalue weighted by Gasteiger charge is 2.25. The van der Waals surface area contributed by atoms with Gasteiger partial charge in [0.2, 0.25) is 5.91 Å². The van der Waals surface area contributed by atoms with Gasteiger partial charge >= 0.3 is 5.97 Å². The van der Waals surface area contributed by atoms with E-state index in [0.29, 0.717) is 23.9 Å². The minimum absolute atomic E-state index is 0. The van der Waals surface area contributed by atoms with E-state index in [1.807, 2.05) is 24.3 Å². The molecule has 1 amide bonds. The fraction of sp³-hybridized carbons (Fsp3) is 0.440. The maximum atomic E-state index is 13.0. The Morgan fingerprint density at radius 2 is 1.56 bits per heavy atom. The second kappa shape index (κ2) is 18.0. The molecule has 2 aromatic rings. The first-order chi connectivity index (χ1) is 16.9. The average Bonchev–Trinajstić information content (AvgIpc) is 2.86. The summed E-state index contributed by atoms with van der Waals surface area (Å²) in [5.41, 5.74) is 8.07. The molecule has 3 N–H and O–H groups in total.